The fraction of sp³-hybridized carbons (Fsp3) is 0.857. The second-order valence-corrected chi connectivity index (χ2v) is 6.12. The van der Waals surface area contributed by atoms with Gasteiger partial charge < -0.3 is 4.74 Å². The number of carbonyl (C=O) groups is 1. The summed E-state index contributed by atoms with van der Waals surface area (Å²) in [5.41, 5.74) is 0. The maximum Gasteiger partial charge on any atom is 0.305 e. The van der Waals surface area contributed by atoms with Crippen molar-refractivity contribution in [3.05, 3.63) is 0 Å². The zero-order valence-corrected chi connectivity index (χ0v) is 8.77. The van der Waals surface area contributed by atoms with Gasteiger partial charge in [0, 0.05) is 17.1 Å². The van der Waals surface area contributed by atoms with Crippen molar-refractivity contribution in [1.29, 1.82) is 0 Å². The third kappa shape index (κ3) is 2.84. The lowest BCUT2D eigenvalue weighted by molar-refractivity contribution is -0.142. The van der Waals surface area contributed by atoms with Crippen LogP contribution in [0.3, 0.4) is 0 Å². The van der Waals surface area contributed by atoms with Gasteiger partial charge in [-0.15, -0.1) is 0 Å². The first kappa shape index (κ1) is 10.8. The van der Waals surface area contributed by atoms with Gasteiger partial charge in [-0.05, 0) is 18.8 Å². The Labute approximate surface area is 81.6 Å². The molecule has 0 aromatic heterocycles. The van der Waals surface area contributed by atoms with E-state index in [-0.39, 0.29) is 11.9 Å². The Kier molecular flexibility index (Phi) is 3.18. The maximum atomic E-state index is 10.8. The topological polar surface area (TPSA) is 60.4 Å². The van der Waals surface area contributed by atoms with E-state index in [9.17, 15) is 13.2 Å². The monoisotopic (exact) mass is 226 g/mol. The van der Waals surface area contributed by atoms with E-state index >= 15 is 0 Å². The molecular formula is C7H11ClO4S. The molecule has 76 valence electrons. The Bertz CT molecular complexity index is 292. The van der Waals surface area contributed by atoms with E-state index in [1.165, 1.54) is 7.11 Å². The average molecular weight is 227 g/mol. The number of hydrogen-bond acceptors (Lipinski definition) is 4. The number of rotatable bonds is 3. The van der Waals surface area contributed by atoms with E-state index in [4.69, 9.17) is 10.7 Å². The zero-order chi connectivity index (χ0) is 10.1. The highest BCUT2D eigenvalue weighted by Gasteiger charge is 2.38. The summed E-state index contributed by atoms with van der Waals surface area (Å²) in [6.07, 6.45) is 1.24. The second kappa shape index (κ2) is 3.84. The zero-order valence-electron chi connectivity index (χ0n) is 7.20. The normalized spacial score (nSPS) is 27.8. The minimum absolute atomic E-state index is 0.117. The molecule has 1 fully saturated rings. The standard InChI is InChI=1S/C7H11ClO4S/c1-12-7(9)4-5-2-6(3-5)13(8,10)11/h5-6H,2-4H2,1H3. The SMILES string of the molecule is COC(=O)CC1CC(S(=O)(=O)Cl)C1. The summed E-state index contributed by atoms with van der Waals surface area (Å²) in [5.74, 6) is -0.179. The Morgan fingerprint density at radius 3 is 2.46 bits per heavy atom. The van der Waals surface area contributed by atoms with Crippen molar-refractivity contribution in [3.8, 4) is 0 Å². The molecule has 1 rings (SSSR count). The van der Waals surface area contributed by atoms with Crippen LogP contribution in [0.1, 0.15) is 19.3 Å². The van der Waals surface area contributed by atoms with Crippen molar-refractivity contribution in [2.24, 2.45) is 5.92 Å². The van der Waals surface area contributed by atoms with Crippen LogP contribution in [-0.2, 0) is 18.6 Å². The first-order valence-corrected chi connectivity index (χ1v) is 6.31. The highest BCUT2D eigenvalue weighted by Crippen LogP contribution is 2.36. The number of methoxy groups -OCH3 is 1. The number of carbonyl (C=O) groups excluding carboxylic acids is 1. The molecule has 1 aliphatic carbocycles. The quantitative estimate of drug-likeness (QED) is 0.530. The smallest absolute Gasteiger partial charge is 0.305 e. The summed E-state index contributed by atoms with van der Waals surface area (Å²) in [4.78, 5) is 10.8. The summed E-state index contributed by atoms with van der Waals surface area (Å²) in [6.45, 7) is 0. The van der Waals surface area contributed by atoms with E-state index in [0.717, 1.165) is 0 Å². The molecule has 0 heterocycles. The number of halogens is 1. The highest BCUT2D eigenvalue weighted by atomic mass is 35.7. The summed E-state index contributed by atoms with van der Waals surface area (Å²) in [7, 11) is 3.02. The molecule has 0 saturated heterocycles. The van der Waals surface area contributed by atoms with Gasteiger partial charge in [-0.3, -0.25) is 4.79 Å². The first-order valence-electron chi connectivity index (χ1n) is 3.93. The molecule has 13 heavy (non-hydrogen) atoms. The summed E-state index contributed by atoms with van der Waals surface area (Å²) in [6, 6.07) is 0. The summed E-state index contributed by atoms with van der Waals surface area (Å²) < 4.78 is 26.0. The van der Waals surface area contributed by atoms with Gasteiger partial charge in [0.2, 0.25) is 9.05 Å². The van der Waals surface area contributed by atoms with Crippen molar-refractivity contribution in [2.45, 2.75) is 24.5 Å². The summed E-state index contributed by atoms with van der Waals surface area (Å²) >= 11 is 0. The molecule has 0 amide bonds. The van der Waals surface area contributed by atoms with E-state index in [1.807, 2.05) is 0 Å². The molecule has 0 N–H and O–H groups in total. The Hall–Kier alpha value is -0.290. The number of hydrogen-bond donors (Lipinski definition) is 0. The van der Waals surface area contributed by atoms with E-state index in [1.54, 1.807) is 0 Å². The van der Waals surface area contributed by atoms with Crippen molar-refractivity contribution in [1.82, 2.24) is 0 Å². The van der Waals surface area contributed by atoms with Crippen LogP contribution < -0.4 is 0 Å². The fourth-order valence-corrected chi connectivity index (χ4v) is 2.83. The maximum absolute atomic E-state index is 10.8. The van der Waals surface area contributed by atoms with Gasteiger partial charge in [-0.2, -0.15) is 0 Å². The van der Waals surface area contributed by atoms with Crippen LogP contribution >= 0.6 is 10.7 Å². The predicted molar refractivity (Wildman–Crippen MR) is 47.9 cm³/mol. The van der Waals surface area contributed by atoms with Crippen molar-refractivity contribution < 1.29 is 17.9 Å². The van der Waals surface area contributed by atoms with Gasteiger partial charge in [0.1, 0.15) is 0 Å². The molecule has 6 heteroatoms. The van der Waals surface area contributed by atoms with Crippen LogP contribution in [0.4, 0.5) is 0 Å². The lowest BCUT2D eigenvalue weighted by Gasteiger charge is -2.31. The Morgan fingerprint density at radius 2 is 2.08 bits per heavy atom. The van der Waals surface area contributed by atoms with E-state index < -0.39 is 14.3 Å². The molecule has 0 radical (unpaired) electrons. The molecule has 0 aromatic carbocycles. The van der Waals surface area contributed by atoms with Crippen LogP contribution in [0, 0.1) is 5.92 Å². The highest BCUT2D eigenvalue weighted by molar-refractivity contribution is 8.14. The largest absolute Gasteiger partial charge is 0.469 e. The molecule has 0 spiro atoms. The Morgan fingerprint density at radius 1 is 1.54 bits per heavy atom. The molecule has 0 aromatic rings. The average Bonchev–Trinajstić information content (AvgIpc) is 1.92. The van der Waals surface area contributed by atoms with Gasteiger partial charge in [-0.1, -0.05) is 0 Å². The molecule has 1 saturated carbocycles. The molecule has 0 bridgehead atoms. The first-order chi connectivity index (χ1) is 5.93. The fourth-order valence-electron chi connectivity index (χ4n) is 1.39. The van der Waals surface area contributed by atoms with Crippen molar-refractivity contribution in [2.75, 3.05) is 7.11 Å². The molecular weight excluding hydrogens is 216 g/mol. The van der Waals surface area contributed by atoms with Crippen LogP contribution in [0.15, 0.2) is 0 Å². The Balaban J connectivity index is 2.31. The van der Waals surface area contributed by atoms with Crippen LogP contribution in [0.2, 0.25) is 0 Å². The van der Waals surface area contributed by atoms with Crippen molar-refractivity contribution in [3.63, 3.8) is 0 Å². The molecule has 0 aliphatic heterocycles. The number of esters is 1. The summed E-state index contributed by atoms with van der Waals surface area (Å²) in [5, 5.41) is -0.469. The van der Waals surface area contributed by atoms with Crippen LogP contribution in [-0.4, -0.2) is 26.7 Å². The van der Waals surface area contributed by atoms with E-state index in [0.29, 0.717) is 19.3 Å². The molecule has 0 atom stereocenters. The van der Waals surface area contributed by atoms with Crippen LogP contribution in [0.25, 0.3) is 0 Å². The minimum atomic E-state index is -3.42. The second-order valence-electron chi connectivity index (χ2n) is 3.22. The minimum Gasteiger partial charge on any atom is -0.469 e. The molecule has 1 aliphatic rings. The molecule has 4 nitrogen and oxygen atoms in total. The van der Waals surface area contributed by atoms with Crippen LogP contribution in [0.5, 0.6) is 0 Å². The lowest BCUT2D eigenvalue weighted by atomic mass is 9.82. The van der Waals surface area contributed by atoms with Gasteiger partial charge in [0.05, 0.1) is 12.4 Å². The van der Waals surface area contributed by atoms with Gasteiger partial charge >= 0.3 is 5.97 Å². The predicted octanol–water partition coefficient (Wildman–Crippen LogP) is 0.897. The van der Waals surface area contributed by atoms with Gasteiger partial charge in [0.25, 0.3) is 0 Å². The molecule has 0 unspecified atom stereocenters. The number of ether oxygens (including phenoxy) is 1. The van der Waals surface area contributed by atoms with Gasteiger partial charge in [0.15, 0.2) is 0 Å². The van der Waals surface area contributed by atoms with Crippen molar-refractivity contribution >= 4 is 25.7 Å². The van der Waals surface area contributed by atoms with Gasteiger partial charge in [-0.25, -0.2) is 8.42 Å². The third-order valence-corrected chi connectivity index (χ3v) is 4.21. The van der Waals surface area contributed by atoms with E-state index in [2.05, 4.69) is 4.74 Å². The third-order valence-electron chi connectivity index (χ3n) is 2.27. The lowest BCUT2D eigenvalue weighted by Crippen LogP contribution is -2.34.